The smallest absolute Gasteiger partial charge is 0.274 e. The molecular formula is C21H22N4O3. The summed E-state index contributed by atoms with van der Waals surface area (Å²) in [5.74, 6) is 1.31. The predicted octanol–water partition coefficient (Wildman–Crippen LogP) is 2.78. The zero-order valence-corrected chi connectivity index (χ0v) is 15.6. The Hall–Kier alpha value is -3.35. The Bertz CT molecular complexity index is 1020. The van der Waals surface area contributed by atoms with Crippen LogP contribution in [0.25, 0.3) is 11.5 Å². The third-order valence-corrected chi connectivity index (χ3v) is 5.11. The van der Waals surface area contributed by atoms with Gasteiger partial charge in [0.25, 0.3) is 5.91 Å². The fraction of sp³-hybridized carbons (Fsp3) is 0.286. The molecule has 0 bridgehead atoms. The molecule has 0 aliphatic carbocycles. The molecule has 0 radical (unpaired) electrons. The summed E-state index contributed by atoms with van der Waals surface area (Å²) in [5, 5.41) is 7.03. The van der Waals surface area contributed by atoms with Gasteiger partial charge in [0.1, 0.15) is 11.5 Å². The Morgan fingerprint density at radius 3 is 2.89 bits per heavy atom. The highest BCUT2D eigenvalue weighted by Crippen LogP contribution is 2.25. The van der Waals surface area contributed by atoms with Gasteiger partial charge in [-0.2, -0.15) is 5.10 Å². The van der Waals surface area contributed by atoms with Gasteiger partial charge in [-0.3, -0.25) is 14.7 Å². The van der Waals surface area contributed by atoms with Gasteiger partial charge in [-0.25, -0.2) is 0 Å². The predicted molar refractivity (Wildman–Crippen MR) is 104 cm³/mol. The maximum Gasteiger partial charge on any atom is 0.274 e. The van der Waals surface area contributed by atoms with Crippen molar-refractivity contribution in [1.29, 1.82) is 0 Å². The Balaban J connectivity index is 1.40. The molecule has 2 amide bonds. The fourth-order valence-electron chi connectivity index (χ4n) is 3.67. The summed E-state index contributed by atoms with van der Waals surface area (Å²) in [5.41, 5.74) is 8.01. The highest BCUT2D eigenvalue weighted by atomic mass is 16.3. The lowest BCUT2D eigenvalue weighted by molar-refractivity contribution is 0.0781. The third kappa shape index (κ3) is 3.69. The molecule has 7 heteroatoms. The van der Waals surface area contributed by atoms with Gasteiger partial charge in [0.2, 0.25) is 5.91 Å². The molecule has 0 saturated carbocycles. The van der Waals surface area contributed by atoms with Crippen LogP contribution in [0.15, 0.2) is 46.9 Å². The van der Waals surface area contributed by atoms with Crippen molar-refractivity contribution in [3.63, 3.8) is 0 Å². The van der Waals surface area contributed by atoms with Gasteiger partial charge in [0.05, 0.1) is 0 Å². The summed E-state index contributed by atoms with van der Waals surface area (Å²) < 4.78 is 5.57. The van der Waals surface area contributed by atoms with Crippen molar-refractivity contribution < 1.29 is 14.0 Å². The molecule has 1 atom stereocenters. The zero-order valence-electron chi connectivity index (χ0n) is 15.6. The molecule has 7 nitrogen and oxygen atoms in total. The first-order valence-electron chi connectivity index (χ1n) is 9.30. The summed E-state index contributed by atoms with van der Waals surface area (Å²) >= 11 is 0. The summed E-state index contributed by atoms with van der Waals surface area (Å²) in [6.07, 6.45) is 1.73. The Kier molecular flexibility index (Phi) is 4.73. The van der Waals surface area contributed by atoms with E-state index in [2.05, 4.69) is 10.2 Å². The zero-order chi connectivity index (χ0) is 19.7. The molecule has 1 saturated heterocycles. The molecule has 4 rings (SSSR count). The highest BCUT2D eigenvalue weighted by Gasteiger charge is 2.28. The molecule has 3 aromatic rings. The largest absolute Gasteiger partial charge is 0.460 e. The van der Waals surface area contributed by atoms with Crippen LogP contribution in [0.1, 0.15) is 38.6 Å². The van der Waals surface area contributed by atoms with Gasteiger partial charge >= 0.3 is 0 Å². The number of furan rings is 1. The Labute approximate surface area is 162 Å². The second kappa shape index (κ2) is 7.34. The van der Waals surface area contributed by atoms with Crippen molar-refractivity contribution in [3.8, 4) is 11.5 Å². The lowest BCUT2D eigenvalue weighted by atomic mass is 9.97. The molecular weight excluding hydrogens is 356 g/mol. The van der Waals surface area contributed by atoms with Crippen molar-refractivity contribution in [2.75, 3.05) is 13.1 Å². The molecule has 0 unspecified atom stereocenters. The number of benzene rings is 1. The van der Waals surface area contributed by atoms with E-state index in [0.717, 1.165) is 24.2 Å². The number of carbonyl (C=O) groups is 2. The summed E-state index contributed by atoms with van der Waals surface area (Å²) in [6.45, 7) is 3.23. The van der Waals surface area contributed by atoms with Gasteiger partial charge in [-0.05, 0) is 55.5 Å². The Morgan fingerprint density at radius 1 is 1.29 bits per heavy atom. The quantitative estimate of drug-likeness (QED) is 0.712. The van der Waals surface area contributed by atoms with Crippen LogP contribution >= 0.6 is 0 Å². The first kappa shape index (κ1) is 18.0. The molecule has 28 heavy (non-hydrogen) atoms. The number of primary amides is 1. The minimum atomic E-state index is -0.425. The van der Waals surface area contributed by atoms with E-state index < -0.39 is 5.91 Å². The lowest BCUT2D eigenvalue weighted by Crippen LogP contribution is -2.29. The maximum atomic E-state index is 12.8. The Morgan fingerprint density at radius 2 is 2.14 bits per heavy atom. The number of hydrogen-bond donors (Lipinski definition) is 2. The monoisotopic (exact) mass is 378 g/mol. The number of hydrogen-bond acceptors (Lipinski definition) is 4. The first-order valence-corrected chi connectivity index (χ1v) is 9.30. The van der Waals surface area contributed by atoms with E-state index in [-0.39, 0.29) is 5.91 Å². The number of nitrogens with one attached hydrogen (secondary N) is 1. The third-order valence-electron chi connectivity index (χ3n) is 5.11. The van der Waals surface area contributed by atoms with Crippen molar-refractivity contribution in [2.45, 2.75) is 19.8 Å². The van der Waals surface area contributed by atoms with Crippen LogP contribution < -0.4 is 5.73 Å². The SMILES string of the molecule is Cc1ccc(-c2cc(C(=O)N3CC[C@@H](Cc4cccc(C(N)=O)c4)C3)n[nH]2)o1. The van der Waals surface area contributed by atoms with Gasteiger partial charge in [-0.15, -0.1) is 0 Å². The summed E-state index contributed by atoms with van der Waals surface area (Å²) in [6, 6.07) is 12.8. The van der Waals surface area contributed by atoms with Crippen LogP contribution in [-0.4, -0.2) is 40.0 Å². The van der Waals surface area contributed by atoms with Crippen molar-refractivity contribution in [1.82, 2.24) is 15.1 Å². The number of rotatable bonds is 5. The second-order valence-electron chi connectivity index (χ2n) is 7.25. The van der Waals surface area contributed by atoms with Crippen LogP contribution in [0.4, 0.5) is 0 Å². The van der Waals surface area contributed by atoms with Gasteiger partial charge in [-0.1, -0.05) is 12.1 Å². The number of nitrogens with zero attached hydrogens (tertiary/aromatic N) is 2. The van der Waals surface area contributed by atoms with Crippen LogP contribution in [0.3, 0.4) is 0 Å². The number of carbonyl (C=O) groups excluding carboxylic acids is 2. The second-order valence-corrected chi connectivity index (χ2v) is 7.25. The van der Waals surface area contributed by atoms with Crippen LogP contribution in [0.2, 0.25) is 0 Å². The number of likely N-dealkylation sites (tertiary alicyclic amines) is 1. The van der Waals surface area contributed by atoms with E-state index in [1.807, 2.05) is 42.2 Å². The van der Waals surface area contributed by atoms with Crippen molar-refractivity contribution in [2.24, 2.45) is 11.7 Å². The molecule has 1 aromatic carbocycles. The average molecular weight is 378 g/mol. The minimum absolute atomic E-state index is 0.0841. The topological polar surface area (TPSA) is 105 Å². The standard InChI is InChI=1S/C21H22N4O3/c1-13-5-6-19(28-13)17-11-18(24-23-17)21(27)25-8-7-15(12-25)9-14-3-2-4-16(10-14)20(22)26/h2-6,10-11,15H,7-9,12H2,1H3,(H2,22,26)(H,23,24)/t15-/m0/s1. The number of H-pyrrole nitrogens is 1. The average Bonchev–Trinajstić information content (AvgIpc) is 3.42. The number of aromatic amines is 1. The molecule has 1 fully saturated rings. The van der Waals surface area contributed by atoms with Crippen LogP contribution in [0.5, 0.6) is 0 Å². The fourth-order valence-corrected chi connectivity index (χ4v) is 3.67. The molecule has 0 spiro atoms. The maximum absolute atomic E-state index is 12.8. The molecule has 3 N–H and O–H groups in total. The first-order chi connectivity index (χ1) is 13.5. The van der Waals surface area contributed by atoms with Crippen molar-refractivity contribution >= 4 is 11.8 Å². The van der Waals surface area contributed by atoms with Gasteiger partial charge < -0.3 is 15.1 Å². The molecule has 3 heterocycles. The molecule has 2 aromatic heterocycles. The van der Waals surface area contributed by atoms with E-state index in [9.17, 15) is 9.59 Å². The van der Waals surface area contributed by atoms with E-state index >= 15 is 0 Å². The number of amides is 2. The normalized spacial score (nSPS) is 16.5. The number of aromatic nitrogens is 2. The van der Waals surface area contributed by atoms with E-state index in [1.165, 1.54) is 0 Å². The summed E-state index contributed by atoms with van der Waals surface area (Å²) in [4.78, 5) is 26.0. The number of aryl methyl sites for hydroxylation is 1. The lowest BCUT2D eigenvalue weighted by Gasteiger charge is -2.15. The van der Waals surface area contributed by atoms with Crippen molar-refractivity contribution in [3.05, 3.63) is 65.0 Å². The van der Waals surface area contributed by atoms with Gasteiger partial charge in [0.15, 0.2) is 11.5 Å². The van der Waals surface area contributed by atoms with Gasteiger partial charge in [0, 0.05) is 24.7 Å². The minimum Gasteiger partial charge on any atom is -0.460 e. The van der Waals surface area contributed by atoms with E-state index in [4.69, 9.17) is 10.2 Å². The van der Waals surface area contributed by atoms with Crippen LogP contribution in [-0.2, 0) is 6.42 Å². The highest BCUT2D eigenvalue weighted by molar-refractivity contribution is 5.93. The van der Waals surface area contributed by atoms with E-state index in [1.54, 1.807) is 12.1 Å². The number of nitrogens with two attached hydrogens (primary N) is 1. The van der Waals surface area contributed by atoms with E-state index in [0.29, 0.717) is 41.7 Å². The molecule has 1 aliphatic rings. The summed E-state index contributed by atoms with van der Waals surface area (Å²) in [7, 11) is 0. The molecule has 144 valence electrons. The van der Waals surface area contributed by atoms with Crippen LogP contribution in [0, 0.1) is 12.8 Å². The molecule has 1 aliphatic heterocycles.